The Bertz CT molecular complexity index is 1030. The largest absolute Gasteiger partial charge is 0.486 e. The van der Waals surface area contributed by atoms with Crippen molar-refractivity contribution in [3.8, 4) is 11.5 Å². The van der Waals surface area contributed by atoms with Crippen molar-refractivity contribution >= 4 is 27.3 Å². The lowest BCUT2D eigenvalue weighted by atomic mass is 9.98. The van der Waals surface area contributed by atoms with E-state index >= 15 is 0 Å². The highest BCUT2D eigenvalue weighted by atomic mass is 32.2. The maximum Gasteiger partial charge on any atom is 0.309 e. The third-order valence-electron chi connectivity index (χ3n) is 5.36. The number of hydrogen-bond donors (Lipinski definition) is 0. The van der Waals surface area contributed by atoms with Gasteiger partial charge in [-0.3, -0.25) is 4.79 Å². The smallest absolute Gasteiger partial charge is 0.309 e. The summed E-state index contributed by atoms with van der Waals surface area (Å²) in [6.45, 7) is 3.65. The van der Waals surface area contributed by atoms with Gasteiger partial charge in [0, 0.05) is 24.5 Å². The van der Waals surface area contributed by atoms with Gasteiger partial charge in [0.05, 0.1) is 21.5 Å². The first kappa shape index (κ1) is 22.0. The molecule has 31 heavy (non-hydrogen) atoms. The van der Waals surface area contributed by atoms with Crippen molar-refractivity contribution < 1.29 is 27.4 Å². The molecule has 1 aromatic heterocycles. The summed E-state index contributed by atoms with van der Waals surface area (Å²) in [5.41, 5.74) is 0.764. The number of thiazole rings is 1. The van der Waals surface area contributed by atoms with Crippen LogP contribution in [-0.2, 0) is 32.6 Å². The second-order valence-electron chi connectivity index (χ2n) is 7.57. The van der Waals surface area contributed by atoms with E-state index in [-0.39, 0.29) is 36.5 Å². The van der Waals surface area contributed by atoms with Gasteiger partial charge in [0.2, 0.25) is 10.0 Å². The fourth-order valence-electron chi connectivity index (χ4n) is 3.67. The molecule has 8 nitrogen and oxygen atoms in total. The number of ether oxygens (including phenoxy) is 3. The van der Waals surface area contributed by atoms with Crippen LogP contribution in [-0.4, -0.2) is 50.0 Å². The van der Waals surface area contributed by atoms with Gasteiger partial charge in [0.25, 0.3) is 0 Å². The molecule has 2 aromatic rings. The van der Waals surface area contributed by atoms with Gasteiger partial charge >= 0.3 is 5.97 Å². The molecule has 168 valence electrons. The van der Waals surface area contributed by atoms with Crippen LogP contribution in [0, 0.1) is 5.92 Å². The standard InChI is InChI=1S/C21H26N2O6S2/c1-2-3-20-22-16(14-30-20)13-29-21(24)15-6-8-23(9-7-15)31(25,26)17-4-5-18-19(12-17)28-11-10-27-18/h4-5,12,14-15H,2-3,6-11,13H2,1H3. The number of piperidine rings is 1. The molecule has 0 unspecified atom stereocenters. The molecule has 0 amide bonds. The molecule has 0 N–H and O–H groups in total. The van der Waals surface area contributed by atoms with Crippen LogP contribution in [0.2, 0.25) is 0 Å². The van der Waals surface area contributed by atoms with Crippen molar-refractivity contribution in [2.45, 2.75) is 44.1 Å². The molecular formula is C21H26N2O6S2. The fourth-order valence-corrected chi connectivity index (χ4v) is 6.04. The van der Waals surface area contributed by atoms with Gasteiger partial charge in [-0.1, -0.05) is 6.92 Å². The minimum atomic E-state index is -3.67. The zero-order chi connectivity index (χ0) is 21.8. The minimum absolute atomic E-state index is 0.161. The molecule has 1 saturated heterocycles. The Balaban J connectivity index is 1.31. The lowest BCUT2D eigenvalue weighted by Crippen LogP contribution is -2.40. The molecule has 0 atom stereocenters. The van der Waals surface area contributed by atoms with Crippen molar-refractivity contribution in [2.75, 3.05) is 26.3 Å². The summed E-state index contributed by atoms with van der Waals surface area (Å²) in [5, 5.41) is 2.96. The van der Waals surface area contributed by atoms with E-state index in [4.69, 9.17) is 14.2 Å². The maximum atomic E-state index is 13.0. The quantitative estimate of drug-likeness (QED) is 0.579. The van der Waals surface area contributed by atoms with Gasteiger partial charge in [0.1, 0.15) is 19.8 Å². The predicted octanol–water partition coefficient (Wildman–Crippen LogP) is 3.01. The van der Waals surface area contributed by atoms with Crippen molar-refractivity contribution in [3.05, 3.63) is 34.3 Å². The van der Waals surface area contributed by atoms with Gasteiger partial charge in [-0.15, -0.1) is 11.3 Å². The van der Waals surface area contributed by atoms with Gasteiger partial charge in [-0.2, -0.15) is 4.31 Å². The van der Waals surface area contributed by atoms with Crippen LogP contribution in [0.1, 0.15) is 36.9 Å². The molecule has 10 heteroatoms. The third-order valence-corrected chi connectivity index (χ3v) is 8.22. The number of nitrogens with zero attached hydrogens (tertiary/aromatic N) is 2. The second-order valence-corrected chi connectivity index (χ2v) is 10.5. The van der Waals surface area contributed by atoms with Gasteiger partial charge in [-0.05, 0) is 37.8 Å². The molecule has 2 aliphatic heterocycles. The molecule has 0 aliphatic carbocycles. The number of sulfonamides is 1. The molecule has 3 heterocycles. The zero-order valence-corrected chi connectivity index (χ0v) is 19.0. The van der Waals surface area contributed by atoms with Crippen LogP contribution in [0.5, 0.6) is 11.5 Å². The number of esters is 1. The Morgan fingerprint density at radius 1 is 1.23 bits per heavy atom. The summed E-state index contributed by atoms with van der Waals surface area (Å²) < 4.78 is 43.9. The molecule has 0 bridgehead atoms. The Labute approximate surface area is 186 Å². The summed E-state index contributed by atoms with van der Waals surface area (Å²) in [4.78, 5) is 17.1. The molecule has 2 aliphatic rings. The van der Waals surface area contributed by atoms with E-state index in [1.54, 1.807) is 17.4 Å². The van der Waals surface area contributed by atoms with E-state index in [0.29, 0.717) is 37.6 Å². The Morgan fingerprint density at radius 2 is 1.97 bits per heavy atom. The van der Waals surface area contributed by atoms with Crippen LogP contribution in [0.25, 0.3) is 0 Å². The topological polar surface area (TPSA) is 95.0 Å². The zero-order valence-electron chi connectivity index (χ0n) is 17.4. The van der Waals surface area contributed by atoms with E-state index in [1.807, 2.05) is 5.38 Å². The van der Waals surface area contributed by atoms with Gasteiger partial charge < -0.3 is 14.2 Å². The molecule has 0 radical (unpaired) electrons. The van der Waals surface area contributed by atoms with E-state index < -0.39 is 10.0 Å². The van der Waals surface area contributed by atoms with Crippen LogP contribution < -0.4 is 9.47 Å². The number of hydrogen-bond acceptors (Lipinski definition) is 8. The van der Waals surface area contributed by atoms with Crippen molar-refractivity contribution in [1.29, 1.82) is 0 Å². The fraction of sp³-hybridized carbons (Fsp3) is 0.524. The van der Waals surface area contributed by atoms with Crippen LogP contribution in [0.3, 0.4) is 0 Å². The van der Waals surface area contributed by atoms with Gasteiger partial charge in [0.15, 0.2) is 11.5 Å². The van der Waals surface area contributed by atoms with E-state index in [9.17, 15) is 13.2 Å². The minimum Gasteiger partial charge on any atom is -0.486 e. The van der Waals surface area contributed by atoms with E-state index in [2.05, 4.69) is 11.9 Å². The molecule has 1 aromatic carbocycles. The molecular weight excluding hydrogens is 440 g/mol. The highest BCUT2D eigenvalue weighted by Crippen LogP contribution is 2.34. The van der Waals surface area contributed by atoms with Crippen LogP contribution in [0.15, 0.2) is 28.5 Å². The summed E-state index contributed by atoms with van der Waals surface area (Å²) in [5.74, 6) is 0.394. The number of fused-ring (bicyclic) bond motifs is 1. The van der Waals surface area contributed by atoms with Crippen LogP contribution >= 0.6 is 11.3 Å². The maximum absolute atomic E-state index is 13.0. The Morgan fingerprint density at radius 3 is 2.71 bits per heavy atom. The molecule has 4 rings (SSSR count). The average Bonchev–Trinajstić information content (AvgIpc) is 3.25. The molecule has 0 spiro atoms. The predicted molar refractivity (Wildman–Crippen MR) is 115 cm³/mol. The number of aromatic nitrogens is 1. The van der Waals surface area contributed by atoms with Gasteiger partial charge in [-0.25, -0.2) is 13.4 Å². The van der Waals surface area contributed by atoms with Crippen molar-refractivity contribution in [1.82, 2.24) is 9.29 Å². The van der Waals surface area contributed by atoms with Crippen LogP contribution in [0.4, 0.5) is 0 Å². The first-order chi connectivity index (χ1) is 15.0. The Hall–Kier alpha value is -2.17. The first-order valence-corrected chi connectivity index (χ1v) is 12.8. The average molecular weight is 467 g/mol. The number of carbonyl (C=O) groups is 1. The third kappa shape index (κ3) is 5.02. The lowest BCUT2D eigenvalue weighted by Gasteiger charge is -2.30. The highest BCUT2D eigenvalue weighted by Gasteiger charge is 2.33. The van der Waals surface area contributed by atoms with E-state index in [1.165, 1.54) is 16.4 Å². The number of rotatable bonds is 7. The van der Waals surface area contributed by atoms with Crippen molar-refractivity contribution in [2.24, 2.45) is 5.92 Å². The number of aryl methyl sites for hydroxylation is 1. The highest BCUT2D eigenvalue weighted by molar-refractivity contribution is 7.89. The summed E-state index contributed by atoms with van der Waals surface area (Å²) in [7, 11) is -3.67. The van der Waals surface area contributed by atoms with E-state index in [0.717, 1.165) is 23.5 Å². The van der Waals surface area contributed by atoms with Crippen molar-refractivity contribution in [3.63, 3.8) is 0 Å². The summed E-state index contributed by atoms with van der Waals surface area (Å²) >= 11 is 1.58. The molecule has 1 fully saturated rings. The number of benzene rings is 1. The monoisotopic (exact) mass is 466 g/mol. The summed E-state index contributed by atoms with van der Waals surface area (Å²) in [6.07, 6.45) is 2.82. The first-order valence-electron chi connectivity index (χ1n) is 10.5. The number of carbonyl (C=O) groups excluding carboxylic acids is 1. The molecule has 0 saturated carbocycles. The lowest BCUT2D eigenvalue weighted by molar-refractivity contribution is -0.151. The SMILES string of the molecule is CCCc1nc(COC(=O)C2CCN(S(=O)(=O)c3ccc4c(c3)OCCO4)CC2)cs1. The second kappa shape index (κ2) is 9.54. The normalized spacial score (nSPS) is 17.5. The Kier molecular flexibility index (Phi) is 6.78. The summed E-state index contributed by atoms with van der Waals surface area (Å²) in [6, 6.07) is 4.66.